The number of nitrogens with one attached hydrogen (secondary N) is 1. The second kappa shape index (κ2) is 6.66. The maximum atomic E-state index is 12.3. The Bertz CT molecular complexity index is 948. The molecule has 0 fully saturated rings. The molecule has 0 aliphatic heterocycles. The van der Waals surface area contributed by atoms with Crippen LogP contribution in [-0.2, 0) is 23.1 Å². The fraction of sp³-hybridized carbons (Fsp3) is 0.200. The van der Waals surface area contributed by atoms with Crippen LogP contribution in [0.2, 0.25) is 5.02 Å². The van der Waals surface area contributed by atoms with Gasteiger partial charge in [-0.15, -0.1) is 0 Å². The number of benzene rings is 1. The summed E-state index contributed by atoms with van der Waals surface area (Å²) in [6, 6.07) is 9.03. The highest BCUT2D eigenvalue weighted by Gasteiger charge is 2.17. The minimum Gasteiger partial charge on any atom is -0.272 e. The third-order valence-electron chi connectivity index (χ3n) is 3.41. The molecule has 3 aromatic rings. The summed E-state index contributed by atoms with van der Waals surface area (Å²) in [5, 5.41) is 8.84. The van der Waals surface area contributed by atoms with Gasteiger partial charge in [0.25, 0.3) is 10.0 Å². The summed E-state index contributed by atoms with van der Waals surface area (Å²) in [6.45, 7) is 2.93. The van der Waals surface area contributed by atoms with Crippen molar-refractivity contribution < 1.29 is 8.42 Å². The molecule has 24 heavy (non-hydrogen) atoms. The fourth-order valence-corrected chi connectivity index (χ4v) is 3.30. The second-order valence-electron chi connectivity index (χ2n) is 5.13. The lowest BCUT2D eigenvalue weighted by molar-refractivity contribution is 0.600. The molecule has 0 spiro atoms. The van der Waals surface area contributed by atoms with Gasteiger partial charge in [-0.1, -0.05) is 29.8 Å². The van der Waals surface area contributed by atoms with Crippen LogP contribution in [0.3, 0.4) is 0 Å². The summed E-state index contributed by atoms with van der Waals surface area (Å²) < 4.78 is 30.2. The van der Waals surface area contributed by atoms with Crippen molar-refractivity contribution in [3.8, 4) is 0 Å². The van der Waals surface area contributed by atoms with Crippen LogP contribution >= 0.6 is 11.6 Å². The molecule has 7 nitrogen and oxygen atoms in total. The average molecular weight is 366 g/mol. The monoisotopic (exact) mass is 365 g/mol. The predicted molar refractivity (Wildman–Crippen MR) is 91.5 cm³/mol. The van der Waals surface area contributed by atoms with Crippen LogP contribution in [0.4, 0.5) is 5.82 Å². The van der Waals surface area contributed by atoms with Crippen molar-refractivity contribution in [2.24, 2.45) is 0 Å². The minimum atomic E-state index is -3.71. The van der Waals surface area contributed by atoms with E-state index in [9.17, 15) is 8.42 Å². The third kappa shape index (κ3) is 3.60. The van der Waals surface area contributed by atoms with Crippen molar-refractivity contribution in [2.75, 3.05) is 4.72 Å². The Morgan fingerprint density at radius 2 is 2.00 bits per heavy atom. The average Bonchev–Trinajstić information content (AvgIpc) is 3.19. The van der Waals surface area contributed by atoms with Gasteiger partial charge in [0.05, 0.1) is 12.7 Å². The zero-order valence-corrected chi connectivity index (χ0v) is 14.5. The van der Waals surface area contributed by atoms with E-state index in [0.29, 0.717) is 18.1 Å². The first kappa shape index (κ1) is 16.5. The summed E-state index contributed by atoms with van der Waals surface area (Å²) >= 11 is 6.12. The molecule has 0 saturated carbocycles. The number of hydrogen-bond donors (Lipinski definition) is 1. The first-order chi connectivity index (χ1) is 11.5. The Hall–Kier alpha value is -2.32. The molecule has 3 rings (SSSR count). The number of aryl methyl sites for hydroxylation is 1. The lowest BCUT2D eigenvalue weighted by atomic mass is 10.2. The van der Waals surface area contributed by atoms with Crippen molar-refractivity contribution >= 4 is 27.4 Å². The summed E-state index contributed by atoms with van der Waals surface area (Å²) in [4.78, 5) is 0.102. The highest BCUT2D eigenvalue weighted by molar-refractivity contribution is 7.92. The van der Waals surface area contributed by atoms with Gasteiger partial charge in [0, 0.05) is 30.0 Å². The van der Waals surface area contributed by atoms with Crippen LogP contribution < -0.4 is 4.72 Å². The Labute approximate surface area is 144 Å². The number of sulfonamides is 1. The highest BCUT2D eigenvalue weighted by atomic mass is 35.5. The largest absolute Gasteiger partial charge is 0.272 e. The van der Waals surface area contributed by atoms with Crippen LogP contribution in [0, 0.1) is 0 Å². The van der Waals surface area contributed by atoms with E-state index in [1.165, 1.54) is 12.4 Å². The molecule has 0 radical (unpaired) electrons. The van der Waals surface area contributed by atoms with E-state index < -0.39 is 10.0 Å². The van der Waals surface area contributed by atoms with Crippen LogP contribution in [-0.4, -0.2) is 28.0 Å². The number of hydrogen-bond acceptors (Lipinski definition) is 4. The highest BCUT2D eigenvalue weighted by Crippen LogP contribution is 2.17. The van der Waals surface area contributed by atoms with Crippen molar-refractivity contribution in [1.29, 1.82) is 0 Å². The van der Waals surface area contributed by atoms with Crippen LogP contribution in [0.15, 0.2) is 53.8 Å². The van der Waals surface area contributed by atoms with Gasteiger partial charge >= 0.3 is 0 Å². The van der Waals surface area contributed by atoms with Crippen LogP contribution in [0.5, 0.6) is 0 Å². The quantitative estimate of drug-likeness (QED) is 0.728. The zero-order valence-electron chi connectivity index (χ0n) is 12.9. The van der Waals surface area contributed by atoms with E-state index >= 15 is 0 Å². The molecule has 0 bridgehead atoms. The molecule has 9 heteroatoms. The maximum Gasteiger partial charge on any atom is 0.266 e. The first-order valence-electron chi connectivity index (χ1n) is 7.30. The molecular weight excluding hydrogens is 350 g/mol. The summed E-state index contributed by atoms with van der Waals surface area (Å²) in [7, 11) is -3.71. The Kier molecular flexibility index (Phi) is 4.59. The standard InChI is InChI=1S/C15H16ClN5O2S/c1-2-20-11-13(9-17-20)24(22,23)19-15-7-8-21(18-15)10-12-5-3-4-6-14(12)16/h3-9,11H,2,10H2,1H3,(H,18,19). The number of nitrogens with zero attached hydrogens (tertiary/aromatic N) is 4. The molecule has 0 atom stereocenters. The number of anilines is 1. The molecule has 0 aliphatic carbocycles. The third-order valence-corrected chi connectivity index (χ3v) is 5.09. The lowest BCUT2D eigenvalue weighted by Crippen LogP contribution is -2.13. The zero-order chi connectivity index (χ0) is 17.2. The van der Waals surface area contributed by atoms with Crippen molar-refractivity contribution in [1.82, 2.24) is 19.6 Å². The van der Waals surface area contributed by atoms with Crippen molar-refractivity contribution in [2.45, 2.75) is 24.9 Å². The van der Waals surface area contributed by atoms with Crippen LogP contribution in [0.1, 0.15) is 12.5 Å². The molecule has 126 valence electrons. The number of aromatic nitrogens is 4. The molecule has 1 aromatic carbocycles. The van der Waals surface area contributed by atoms with Crippen molar-refractivity contribution in [3.05, 3.63) is 59.5 Å². The van der Waals surface area contributed by atoms with Gasteiger partial charge < -0.3 is 0 Å². The number of halogens is 1. The van der Waals surface area contributed by atoms with Gasteiger partial charge in [-0.3, -0.25) is 14.1 Å². The normalized spacial score (nSPS) is 11.6. The maximum absolute atomic E-state index is 12.3. The second-order valence-corrected chi connectivity index (χ2v) is 7.22. The van der Waals surface area contributed by atoms with E-state index in [-0.39, 0.29) is 10.7 Å². The molecule has 2 aromatic heterocycles. The Balaban J connectivity index is 1.75. The fourth-order valence-electron chi connectivity index (χ4n) is 2.16. The summed E-state index contributed by atoms with van der Waals surface area (Å²) in [5.41, 5.74) is 0.904. The SMILES string of the molecule is CCn1cc(S(=O)(=O)Nc2ccn(Cc3ccccc3Cl)n2)cn1. The van der Waals surface area contributed by atoms with E-state index in [4.69, 9.17) is 11.6 Å². The Morgan fingerprint density at radius 3 is 2.71 bits per heavy atom. The molecule has 0 saturated heterocycles. The van der Waals surface area contributed by atoms with E-state index in [0.717, 1.165) is 5.56 Å². The summed E-state index contributed by atoms with van der Waals surface area (Å²) in [5.74, 6) is 0.242. The first-order valence-corrected chi connectivity index (χ1v) is 9.16. The Morgan fingerprint density at radius 1 is 1.21 bits per heavy atom. The predicted octanol–water partition coefficient (Wildman–Crippen LogP) is 2.60. The topological polar surface area (TPSA) is 81.8 Å². The molecule has 0 aliphatic rings. The molecule has 0 unspecified atom stereocenters. The molecule has 0 amide bonds. The van der Waals surface area contributed by atoms with E-state index in [1.807, 2.05) is 25.1 Å². The van der Waals surface area contributed by atoms with E-state index in [2.05, 4.69) is 14.9 Å². The van der Waals surface area contributed by atoms with Gasteiger partial charge in [0.2, 0.25) is 0 Å². The van der Waals surface area contributed by atoms with Gasteiger partial charge in [-0.2, -0.15) is 10.2 Å². The van der Waals surface area contributed by atoms with E-state index in [1.54, 1.807) is 27.7 Å². The molecule has 2 heterocycles. The van der Waals surface area contributed by atoms with Crippen molar-refractivity contribution in [3.63, 3.8) is 0 Å². The van der Waals surface area contributed by atoms with Gasteiger partial charge in [0.1, 0.15) is 4.90 Å². The van der Waals surface area contributed by atoms with Gasteiger partial charge in [-0.05, 0) is 18.6 Å². The van der Waals surface area contributed by atoms with Gasteiger partial charge in [0.15, 0.2) is 5.82 Å². The lowest BCUT2D eigenvalue weighted by Gasteiger charge is -2.05. The van der Waals surface area contributed by atoms with Crippen LogP contribution in [0.25, 0.3) is 0 Å². The number of rotatable bonds is 6. The minimum absolute atomic E-state index is 0.102. The summed E-state index contributed by atoms with van der Waals surface area (Å²) in [6.07, 6.45) is 4.48. The smallest absolute Gasteiger partial charge is 0.266 e. The molecular formula is C15H16ClN5O2S. The van der Waals surface area contributed by atoms with Gasteiger partial charge in [-0.25, -0.2) is 8.42 Å². The molecule has 1 N–H and O–H groups in total.